The van der Waals surface area contributed by atoms with Gasteiger partial charge in [0.1, 0.15) is 11.8 Å². The number of amides is 1. The molecule has 2 aromatic carbocycles. The monoisotopic (exact) mass is 451 g/mol. The Bertz CT molecular complexity index is 990. The standard InChI is InChI=1S/C21H26ClN3O4S/c1-15(23-19-14-16(22)6-11-20(19)29-2)21(26)24-17-7-9-18(10-8-17)30(27,28)25-12-4-3-5-13-25/h6-11,14-15,23H,3-5,12-13H2,1-2H3,(H,24,26). The zero-order valence-corrected chi connectivity index (χ0v) is 18.6. The summed E-state index contributed by atoms with van der Waals surface area (Å²) in [6, 6.07) is 10.8. The molecule has 162 valence electrons. The van der Waals surface area contributed by atoms with Gasteiger partial charge in [-0.1, -0.05) is 18.0 Å². The summed E-state index contributed by atoms with van der Waals surface area (Å²) in [6.07, 6.45) is 2.83. The van der Waals surface area contributed by atoms with Gasteiger partial charge >= 0.3 is 0 Å². The Hall–Kier alpha value is -2.29. The first-order valence-corrected chi connectivity index (χ1v) is 11.6. The van der Waals surface area contributed by atoms with E-state index in [1.165, 1.54) is 16.4 Å². The van der Waals surface area contributed by atoms with Gasteiger partial charge in [0, 0.05) is 23.8 Å². The molecule has 1 aliphatic rings. The van der Waals surface area contributed by atoms with Crippen molar-refractivity contribution >= 4 is 38.9 Å². The second-order valence-electron chi connectivity index (χ2n) is 7.19. The van der Waals surface area contributed by atoms with Crippen LogP contribution in [0, 0.1) is 0 Å². The van der Waals surface area contributed by atoms with Crippen LogP contribution in [0.25, 0.3) is 0 Å². The van der Waals surface area contributed by atoms with Gasteiger partial charge in [0.15, 0.2) is 0 Å². The summed E-state index contributed by atoms with van der Waals surface area (Å²) < 4.78 is 32.3. The molecule has 3 rings (SSSR count). The molecule has 1 saturated heterocycles. The van der Waals surface area contributed by atoms with E-state index in [0.29, 0.717) is 35.2 Å². The molecule has 2 aromatic rings. The molecule has 0 spiro atoms. The van der Waals surface area contributed by atoms with Crippen LogP contribution in [0.3, 0.4) is 0 Å². The largest absolute Gasteiger partial charge is 0.495 e. The number of sulfonamides is 1. The van der Waals surface area contributed by atoms with Crippen molar-refractivity contribution in [1.29, 1.82) is 0 Å². The highest BCUT2D eigenvalue weighted by Gasteiger charge is 2.25. The highest BCUT2D eigenvalue weighted by Crippen LogP contribution is 2.28. The second-order valence-corrected chi connectivity index (χ2v) is 9.56. The van der Waals surface area contributed by atoms with Crippen LogP contribution in [0.2, 0.25) is 5.02 Å². The van der Waals surface area contributed by atoms with Gasteiger partial charge in [-0.15, -0.1) is 0 Å². The molecule has 1 fully saturated rings. The molecule has 2 N–H and O–H groups in total. The molecule has 0 aromatic heterocycles. The number of ether oxygens (including phenoxy) is 1. The lowest BCUT2D eigenvalue weighted by molar-refractivity contribution is -0.116. The predicted molar refractivity (Wildman–Crippen MR) is 119 cm³/mol. The van der Waals surface area contributed by atoms with Gasteiger partial charge in [-0.05, 0) is 62.2 Å². The van der Waals surface area contributed by atoms with Crippen molar-refractivity contribution < 1.29 is 17.9 Å². The van der Waals surface area contributed by atoms with Crippen molar-refractivity contribution in [1.82, 2.24) is 4.31 Å². The van der Waals surface area contributed by atoms with Crippen molar-refractivity contribution in [3.8, 4) is 5.75 Å². The normalized spacial score (nSPS) is 16.0. The minimum atomic E-state index is -3.49. The lowest BCUT2D eigenvalue weighted by Crippen LogP contribution is -2.35. The molecular weight excluding hydrogens is 426 g/mol. The second kappa shape index (κ2) is 9.68. The van der Waals surface area contributed by atoms with E-state index in [1.807, 2.05) is 0 Å². The molecule has 30 heavy (non-hydrogen) atoms. The van der Waals surface area contributed by atoms with Crippen molar-refractivity contribution in [2.45, 2.75) is 37.1 Å². The Labute approximate surface area is 182 Å². The van der Waals surface area contributed by atoms with E-state index in [1.54, 1.807) is 44.4 Å². The predicted octanol–water partition coefficient (Wildman–Crippen LogP) is 3.96. The molecule has 1 aliphatic heterocycles. The van der Waals surface area contributed by atoms with Crippen molar-refractivity contribution in [2.24, 2.45) is 0 Å². The summed E-state index contributed by atoms with van der Waals surface area (Å²) in [4.78, 5) is 12.8. The number of halogens is 1. The van der Waals surface area contributed by atoms with E-state index in [-0.39, 0.29) is 10.8 Å². The number of nitrogens with zero attached hydrogens (tertiary/aromatic N) is 1. The van der Waals surface area contributed by atoms with E-state index in [0.717, 1.165) is 19.3 Å². The number of benzene rings is 2. The maximum absolute atomic E-state index is 12.7. The molecule has 0 radical (unpaired) electrons. The molecule has 0 saturated carbocycles. The zero-order valence-electron chi connectivity index (χ0n) is 17.0. The number of carbonyl (C=O) groups is 1. The van der Waals surface area contributed by atoms with Gasteiger partial charge in [0.2, 0.25) is 15.9 Å². The Morgan fingerprint density at radius 2 is 1.77 bits per heavy atom. The summed E-state index contributed by atoms with van der Waals surface area (Å²) in [7, 11) is -1.95. The van der Waals surface area contributed by atoms with E-state index in [9.17, 15) is 13.2 Å². The summed E-state index contributed by atoms with van der Waals surface area (Å²) in [5.74, 6) is 0.301. The Balaban J connectivity index is 1.65. The number of rotatable bonds is 7. The van der Waals surface area contributed by atoms with Crippen molar-refractivity contribution in [3.05, 3.63) is 47.5 Å². The zero-order chi connectivity index (χ0) is 21.7. The molecule has 1 amide bonds. The van der Waals surface area contributed by atoms with Gasteiger partial charge in [-0.25, -0.2) is 8.42 Å². The fourth-order valence-corrected chi connectivity index (χ4v) is 5.00. The number of piperidine rings is 1. The van der Waals surface area contributed by atoms with Gasteiger partial charge in [0.05, 0.1) is 17.7 Å². The molecule has 7 nitrogen and oxygen atoms in total. The van der Waals surface area contributed by atoms with Gasteiger partial charge in [-0.3, -0.25) is 4.79 Å². The minimum Gasteiger partial charge on any atom is -0.495 e. The van der Waals surface area contributed by atoms with Crippen molar-refractivity contribution in [3.63, 3.8) is 0 Å². The third-order valence-corrected chi connectivity index (χ3v) is 7.15. The molecule has 9 heteroatoms. The number of methoxy groups -OCH3 is 1. The molecule has 1 heterocycles. The number of anilines is 2. The number of hydrogen-bond acceptors (Lipinski definition) is 5. The first kappa shape index (κ1) is 22.4. The van der Waals surface area contributed by atoms with Crippen LogP contribution in [0.4, 0.5) is 11.4 Å². The third-order valence-electron chi connectivity index (χ3n) is 5.00. The molecule has 1 unspecified atom stereocenters. The number of nitrogens with one attached hydrogen (secondary N) is 2. The van der Waals surface area contributed by atoms with E-state index < -0.39 is 16.1 Å². The average molecular weight is 452 g/mol. The van der Waals surface area contributed by atoms with Crippen LogP contribution in [0.5, 0.6) is 5.75 Å². The topological polar surface area (TPSA) is 87.7 Å². The van der Waals surface area contributed by atoms with E-state index >= 15 is 0 Å². The van der Waals surface area contributed by atoms with E-state index in [2.05, 4.69) is 10.6 Å². The maximum atomic E-state index is 12.7. The van der Waals surface area contributed by atoms with Crippen LogP contribution in [-0.2, 0) is 14.8 Å². The van der Waals surface area contributed by atoms with Crippen LogP contribution in [-0.4, -0.2) is 44.9 Å². The first-order chi connectivity index (χ1) is 14.3. The molecule has 1 atom stereocenters. The van der Waals surface area contributed by atoms with E-state index in [4.69, 9.17) is 16.3 Å². The Morgan fingerprint density at radius 1 is 1.10 bits per heavy atom. The number of carbonyl (C=O) groups excluding carboxylic acids is 1. The fourth-order valence-electron chi connectivity index (χ4n) is 3.31. The Kier molecular flexibility index (Phi) is 7.23. The third kappa shape index (κ3) is 5.24. The van der Waals surface area contributed by atoms with Gasteiger partial charge in [0.25, 0.3) is 0 Å². The summed E-state index contributed by atoms with van der Waals surface area (Å²) >= 11 is 6.03. The van der Waals surface area contributed by atoms with Crippen LogP contribution in [0.1, 0.15) is 26.2 Å². The maximum Gasteiger partial charge on any atom is 0.246 e. The Morgan fingerprint density at radius 3 is 2.40 bits per heavy atom. The first-order valence-electron chi connectivity index (χ1n) is 9.82. The summed E-state index contributed by atoms with van der Waals surface area (Å²) in [6.45, 7) is 2.82. The van der Waals surface area contributed by atoms with Crippen molar-refractivity contribution in [2.75, 3.05) is 30.8 Å². The van der Waals surface area contributed by atoms with Crippen LogP contribution in [0.15, 0.2) is 47.4 Å². The van der Waals surface area contributed by atoms with Crippen LogP contribution < -0.4 is 15.4 Å². The molecular formula is C21H26ClN3O4S. The molecule has 0 aliphatic carbocycles. The lowest BCUT2D eigenvalue weighted by Gasteiger charge is -2.25. The highest BCUT2D eigenvalue weighted by molar-refractivity contribution is 7.89. The number of hydrogen-bond donors (Lipinski definition) is 2. The quantitative estimate of drug-likeness (QED) is 0.665. The van der Waals surface area contributed by atoms with Gasteiger partial charge < -0.3 is 15.4 Å². The summed E-state index contributed by atoms with van der Waals surface area (Å²) in [5.41, 5.74) is 1.12. The fraction of sp³-hybridized carbons (Fsp3) is 0.381. The average Bonchev–Trinajstić information content (AvgIpc) is 2.75. The van der Waals surface area contributed by atoms with Crippen LogP contribution >= 0.6 is 11.6 Å². The molecule has 0 bridgehead atoms. The van der Waals surface area contributed by atoms with Gasteiger partial charge in [-0.2, -0.15) is 4.31 Å². The lowest BCUT2D eigenvalue weighted by atomic mass is 10.2. The summed E-state index contributed by atoms with van der Waals surface area (Å²) in [5, 5.41) is 6.39. The smallest absolute Gasteiger partial charge is 0.246 e. The SMILES string of the molecule is COc1ccc(Cl)cc1NC(C)C(=O)Nc1ccc(S(=O)(=O)N2CCCCC2)cc1. The highest BCUT2D eigenvalue weighted by atomic mass is 35.5. The minimum absolute atomic E-state index is 0.234.